The van der Waals surface area contributed by atoms with Crippen LogP contribution in [0.4, 0.5) is 4.39 Å². The van der Waals surface area contributed by atoms with Crippen LogP contribution in [0.5, 0.6) is 0 Å². The summed E-state index contributed by atoms with van der Waals surface area (Å²) >= 11 is 5.62. The SMILES string of the molecule is NC(Cc1cccc(F)c1Cl)C(=O)O. The Morgan fingerprint density at radius 1 is 1.64 bits per heavy atom. The lowest BCUT2D eigenvalue weighted by Crippen LogP contribution is -2.32. The molecule has 1 rings (SSSR count). The number of carboxylic acid groups (broad SMARTS) is 1. The van der Waals surface area contributed by atoms with Gasteiger partial charge in [-0.2, -0.15) is 0 Å². The quantitative estimate of drug-likeness (QED) is 0.805. The van der Waals surface area contributed by atoms with Gasteiger partial charge in [-0.15, -0.1) is 0 Å². The molecular formula is C9H9ClFNO2. The van der Waals surface area contributed by atoms with Gasteiger partial charge >= 0.3 is 5.97 Å². The molecule has 0 saturated carbocycles. The lowest BCUT2D eigenvalue weighted by molar-refractivity contribution is -0.138. The van der Waals surface area contributed by atoms with Crippen molar-refractivity contribution in [2.75, 3.05) is 0 Å². The average molecular weight is 218 g/mol. The Labute approximate surface area is 85.3 Å². The highest BCUT2D eigenvalue weighted by Gasteiger charge is 2.15. The topological polar surface area (TPSA) is 63.3 Å². The number of rotatable bonds is 3. The Kier molecular flexibility index (Phi) is 3.43. The number of carboxylic acids is 1. The molecule has 0 amide bonds. The summed E-state index contributed by atoms with van der Waals surface area (Å²) in [6, 6.07) is 3.16. The van der Waals surface area contributed by atoms with Crippen LogP contribution in [0.2, 0.25) is 5.02 Å². The Morgan fingerprint density at radius 3 is 2.86 bits per heavy atom. The minimum Gasteiger partial charge on any atom is -0.480 e. The molecule has 0 aliphatic heterocycles. The van der Waals surface area contributed by atoms with Crippen LogP contribution >= 0.6 is 11.6 Å². The number of hydrogen-bond donors (Lipinski definition) is 2. The van der Waals surface area contributed by atoms with Gasteiger partial charge in [0, 0.05) is 0 Å². The molecule has 1 aromatic carbocycles. The van der Waals surface area contributed by atoms with Gasteiger partial charge in [0.2, 0.25) is 0 Å². The number of halogens is 2. The van der Waals surface area contributed by atoms with Gasteiger partial charge in [-0.05, 0) is 18.1 Å². The van der Waals surface area contributed by atoms with Crippen LogP contribution in [0.3, 0.4) is 0 Å². The second-order valence-corrected chi connectivity index (χ2v) is 3.24. The van der Waals surface area contributed by atoms with Crippen LogP contribution < -0.4 is 5.73 Å². The largest absolute Gasteiger partial charge is 0.480 e. The molecule has 0 spiro atoms. The van der Waals surface area contributed by atoms with E-state index in [9.17, 15) is 9.18 Å². The van der Waals surface area contributed by atoms with Crippen molar-refractivity contribution in [3.8, 4) is 0 Å². The summed E-state index contributed by atoms with van der Waals surface area (Å²) in [5.41, 5.74) is 5.69. The first-order valence-corrected chi connectivity index (χ1v) is 4.31. The monoisotopic (exact) mass is 217 g/mol. The molecule has 1 unspecified atom stereocenters. The third-order valence-electron chi connectivity index (χ3n) is 1.79. The normalized spacial score (nSPS) is 12.5. The first-order chi connectivity index (χ1) is 6.52. The van der Waals surface area contributed by atoms with Crippen LogP contribution in [-0.4, -0.2) is 17.1 Å². The highest BCUT2D eigenvalue weighted by Crippen LogP contribution is 2.20. The van der Waals surface area contributed by atoms with Crippen molar-refractivity contribution in [3.63, 3.8) is 0 Å². The van der Waals surface area contributed by atoms with Crippen molar-refractivity contribution in [2.24, 2.45) is 5.73 Å². The smallest absolute Gasteiger partial charge is 0.320 e. The zero-order valence-corrected chi connectivity index (χ0v) is 7.96. The minimum atomic E-state index is -1.13. The Morgan fingerprint density at radius 2 is 2.29 bits per heavy atom. The maximum absolute atomic E-state index is 12.9. The molecule has 0 radical (unpaired) electrons. The third-order valence-corrected chi connectivity index (χ3v) is 2.21. The van der Waals surface area contributed by atoms with Gasteiger partial charge in [0.15, 0.2) is 0 Å². The van der Waals surface area contributed by atoms with E-state index in [4.69, 9.17) is 22.4 Å². The van der Waals surface area contributed by atoms with E-state index in [0.717, 1.165) is 0 Å². The number of nitrogens with two attached hydrogens (primary N) is 1. The van der Waals surface area contributed by atoms with E-state index in [-0.39, 0.29) is 11.4 Å². The van der Waals surface area contributed by atoms with E-state index >= 15 is 0 Å². The van der Waals surface area contributed by atoms with E-state index in [1.54, 1.807) is 6.07 Å². The van der Waals surface area contributed by atoms with Gasteiger partial charge in [-0.3, -0.25) is 4.79 Å². The summed E-state index contributed by atoms with van der Waals surface area (Å²) in [5.74, 6) is -1.70. The summed E-state index contributed by atoms with van der Waals surface area (Å²) in [6.07, 6.45) is 0.0198. The van der Waals surface area contributed by atoms with E-state index in [1.165, 1.54) is 12.1 Å². The Bertz CT molecular complexity index is 357. The summed E-state index contributed by atoms with van der Waals surface area (Å²) in [7, 11) is 0. The van der Waals surface area contributed by atoms with Gasteiger partial charge < -0.3 is 10.8 Å². The zero-order chi connectivity index (χ0) is 10.7. The number of carbonyl (C=O) groups is 1. The lowest BCUT2D eigenvalue weighted by Gasteiger charge is -2.08. The lowest BCUT2D eigenvalue weighted by atomic mass is 10.1. The molecule has 76 valence electrons. The average Bonchev–Trinajstić information content (AvgIpc) is 2.12. The van der Waals surface area contributed by atoms with Crippen molar-refractivity contribution >= 4 is 17.6 Å². The Balaban J connectivity index is 2.87. The standard InChI is InChI=1S/C9H9ClFNO2/c10-8-5(2-1-3-6(8)11)4-7(12)9(13)14/h1-3,7H,4,12H2,(H,13,14). The molecule has 0 fully saturated rings. The summed E-state index contributed by atoms with van der Waals surface area (Å²) in [4.78, 5) is 10.4. The second kappa shape index (κ2) is 4.39. The van der Waals surface area contributed by atoms with Gasteiger partial charge in [0.05, 0.1) is 5.02 Å². The maximum Gasteiger partial charge on any atom is 0.320 e. The molecule has 0 heterocycles. The summed E-state index contributed by atoms with van der Waals surface area (Å²) < 4.78 is 12.9. The highest BCUT2D eigenvalue weighted by molar-refractivity contribution is 6.31. The van der Waals surface area contributed by atoms with Crippen LogP contribution in [0.1, 0.15) is 5.56 Å². The summed E-state index contributed by atoms with van der Waals surface area (Å²) in [6.45, 7) is 0. The van der Waals surface area contributed by atoms with Gasteiger partial charge in [0.25, 0.3) is 0 Å². The molecule has 3 nitrogen and oxygen atoms in total. The fourth-order valence-electron chi connectivity index (χ4n) is 1.03. The van der Waals surface area contributed by atoms with Crippen molar-refractivity contribution in [2.45, 2.75) is 12.5 Å². The third kappa shape index (κ3) is 2.43. The van der Waals surface area contributed by atoms with Crippen LogP contribution in [-0.2, 0) is 11.2 Å². The van der Waals surface area contributed by atoms with Crippen LogP contribution in [0, 0.1) is 5.82 Å². The second-order valence-electron chi connectivity index (χ2n) is 2.86. The fraction of sp³-hybridized carbons (Fsp3) is 0.222. The van der Waals surface area contributed by atoms with Crippen LogP contribution in [0.25, 0.3) is 0 Å². The van der Waals surface area contributed by atoms with E-state index in [2.05, 4.69) is 0 Å². The maximum atomic E-state index is 12.9. The van der Waals surface area contributed by atoms with Crippen molar-refractivity contribution in [1.82, 2.24) is 0 Å². The number of hydrogen-bond acceptors (Lipinski definition) is 2. The van der Waals surface area contributed by atoms with Crippen molar-refractivity contribution < 1.29 is 14.3 Å². The minimum absolute atomic E-state index is 0.0198. The zero-order valence-electron chi connectivity index (χ0n) is 7.21. The van der Waals surface area contributed by atoms with E-state index < -0.39 is 17.8 Å². The fourth-order valence-corrected chi connectivity index (χ4v) is 1.23. The predicted octanol–water partition coefficient (Wildman–Crippen LogP) is 1.43. The molecular weight excluding hydrogens is 209 g/mol. The van der Waals surface area contributed by atoms with E-state index in [0.29, 0.717) is 5.56 Å². The summed E-state index contributed by atoms with van der Waals surface area (Å²) in [5, 5.41) is 8.48. The highest BCUT2D eigenvalue weighted by atomic mass is 35.5. The van der Waals surface area contributed by atoms with Crippen molar-refractivity contribution in [3.05, 3.63) is 34.6 Å². The molecule has 0 saturated heterocycles. The molecule has 0 bridgehead atoms. The first kappa shape index (κ1) is 10.9. The van der Waals surface area contributed by atoms with Crippen LogP contribution in [0.15, 0.2) is 18.2 Å². The molecule has 0 aliphatic carbocycles. The molecule has 0 aromatic heterocycles. The van der Waals surface area contributed by atoms with Gasteiger partial charge in [0.1, 0.15) is 11.9 Å². The number of benzene rings is 1. The predicted molar refractivity (Wildman–Crippen MR) is 50.7 cm³/mol. The first-order valence-electron chi connectivity index (χ1n) is 3.93. The molecule has 0 aliphatic rings. The molecule has 1 atom stereocenters. The van der Waals surface area contributed by atoms with Gasteiger partial charge in [-0.25, -0.2) is 4.39 Å². The van der Waals surface area contributed by atoms with E-state index in [1.807, 2.05) is 0 Å². The van der Waals surface area contributed by atoms with Crippen molar-refractivity contribution in [1.29, 1.82) is 0 Å². The Hall–Kier alpha value is -1.13. The van der Waals surface area contributed by atoms with Gasteiger partial charge in [-0.1, -0.05) is 23.7 Å². The number of aliphatic carboxylic acids is 1. The molecule has 5 heteroatoms. The molecule has 3 N–H and O–H groups in total. The molecule has 1 aromatic rings. The molecule has 14 heavy (non-hydrogen) atoms.